The molecule has 5 nitrogen and oxygen atoms in total. The van der Waals surface area contributed by atoms with Crippen LogP contribution in [0.1, 0.15) is 21.7 Å². The fourth-order valence-corrected chi connectivity index (χ4v) is 3.71. The van der Waals surface area contributed by atoms with Gasteiger partial charge in [-0.3, -0.25) is 9.36 Å². The molecule has 1 N–H and O–H groups in total. The van der Waals surface area contributed by atoms with Gasteiger partial charge in [0, 0.05) is 15.4 Å². The number of halogens is 2. The van der Waals surface area contributed by atoms with Crippen molar-refractivity contribution in [3.63, 3.8) is 0 Å². The smallest absolute Gasteiger partial charge is 0.337 e. The third-order valence-corrected chi connectivity index (χ3v) is 4.92. The number of carbonyl (C=O) groups is 1. The summed E-state index contributed by atoms with van der Waals surface area (Å²) in [7, 11) is 0. The Morgan fingerprint density at radius 3 is 2.78 bits per heavy atom. The molecule has 2 aromatic heterocycles. The molecule has 0 saturated heterocycles. The molecular formula is C15H10Cl2N2O3S. The van der Waals surface area contributed by atoms with Crippen LogP contribution in [0.4, 0.5) is 0 Å². The number of carboxylic acid groups (broad SMARTS) is 1. The molecule has 0 amide bonds. The number of hydrogen-bond donors (Lipinski definition) is 1. The highest BCUT2D eigenvalue weighted by Gasteiger charge is 2.18. The van der Waals surface area contributed by atoms with Crippen molar-refractivity contribution in [1.29, 1.82) is 0 Å². The quantitative estimate of drug-likeness (QED) is 0.762. The van der Waals surface area contributed by atoms with Crippen molar-refractivity contribution in [2.75, 3.05) is 0 Å². The Balaban J connectivity index is 2.19. The molecule has 0 aliphatic rings. The Bertz CT molecular complexity index is 994. The van der Waals surface area contributed by atoms with Gasteiger partial charge in [0.2, 0.25) is 0 Å². The van der Waals surface area contributed by atoms with E-state index in [4.69, 9.17) is 23.2 Å². The number of nitrogens with zero attached hydrogens (tertiary/aromatic N) is 2. The van der Waals surface area contributed by atoms with E-state index >= 15 is 0 Å². The third kappa shape index (κ3) is 2.85. The first kappa shape index (κ1) is 16.0. The summed E-state index contributed by atoms with van der Waals surface area (Å²) in [6.07, 6.45) is 0. The molecule has 0 fully saturated rings. The summed E-state index contributed by atoms with van der Waals surface area (Å²) in [6, 6.07) is 5.01. The number of carboxylic acids is 1. The lowest BCUT2D eigenvalue weighted by Crippen LogP contribution is -2.25. The Morgan fingerprint density at radius 1 is 1.39 bits per heavy atom. The topological polar surface area (TPSA) is 72.2 Å². The lowest BCUT2D eigenvalue weighted by molar-refractivity contribution is 0.0699. The molecule has 8 heteroatoms. The minimum atomic E-state index is -1.14. The molecule has 0 bridgehead atoms. The number of thiophene rings is 1. The SMILES string of the molecule is Cc1nc2scc(C(=O)O)c2c(=O)n1Cc1ccc(Cl)cc1Cl. The lowest BCUT2D eigenvalue weighted by Gasteiger charge is -2.11. The van der Waals surface area contributed by atoms with E-state index in [1.54, 1.807) is 25.1 Å². The van der Waals surface area contributed by atoms with Crippen molar-refractivity contribution in [3.05, 3.63) is 60.9 Å². The summed E-state index contributed by atoms with van der Waals surface area (Å²) in [5, 5.41) is 11.7. The molecule has 23 heavy (non-hydrogen) atoms. The van der Waals surface area contributed by atoms with Crippen LogP contribution < -0.4 is 5.56 Å². The zero-order valence-corrected chi connectivity index (χ0v) is 14.2. The van der Waals surface area contributed by atoms with Crippen LogP contribution in [0.3, 0.4) is 0 Å². The molecule has 0 saturated carbocycles. The van der Waals surface area contributed by atoms with Crippen LogP contribution in [0.2, 0.25) is 10.0 Å². The monoisotopic (exact) mass is 368 g/mol. The molecule has 1 aromatic carbocycles. The Morgan fingerprint density at radius 2 is 2.13 bits per heavy atom. The van der Waals surface area contributed by atoms with E-state index in [0.717, 1.165) is 11.3 Å². The van der Waals surface area contributed by atoms with Gasteiger partial charge in [0.15, 0.2) is 0 Å². The standard InChI is InChI=1S/C15H10Cl2N2O3S/c1-7-18-13-12(10(6-23-13)15(21)22)14(20)19(7)5-8-2-3-9(16)4-11(8)17/h2-4,6H,5H2,1H3,(H,21,22). The van der Waals surface area contributed by atoms with Gasteiger partial charge in [0.05, 0.1) is 17.5 Å². The van der Waals surface area contributed by atoms with Gasteiger partial charge in [0.1, 0.15) is 10.7 Å². The number of rotatable bonds is 3. The zero-order valence-electron chi connectivity index (χ0n) is 11.8. The first-order valence-corrected chi connectivity index (χ1v) is 8.18. The number of aromatic nitrogens is 2. The molecule has 0 atom stereocenters. The van der Waals surface area contributed by atoms with E-state index in [1.807, 2.05) is 0 Å². The molecule has 3 aromatic rings. The maximum absolute atomic E-state index is 12.7. The fourth-order valence-electron chi connectivity index (χ4n) is 2.29. The van der Waals surface area contributed by atoms with Crippen molar-refractivity contribution < 1.29 is 9.90 Å². The Hall–Kier alpha value is -1.89. The van der Waals surface area contributed by atoms with Gasteiger partial charge < -0.3 is 5.11 Å². The zero-order chi connectivity index (χ0) is 16.7. The molecule has 3 rings (SSSR count). The lowest BCUT2D eigenvalue weighted by atomic mass is 10.2. The maximum Gasteiger partial charge on any atom is 0.337 e. The van der Waals surface area contributed by atoms with Crippen LogP contribution in [0.15, 0.2) is 28.4 Å². The first-order valence-electron chi connectivity index (χ1n) is 6.54. The summed E-state index contributed by atoms with van der Waals surface area (Å²) in [6.45, 7) is 1.89. The molecule has 0 radical (unpaired) electrons. The van der Waals surface area contributed by atoms with Crippen molar-refractivity contribution in [3.8, 4) is 0 Å². The van der Waals surface area contributed by atoms with Crippen LogP contribution in [0, 0.1) is 6.92 Å². The van der Waals surface area contributed by atoms with Crippen LogP contribution in [-0.2, 0) is 6.54 Å². The van der Waals surface area contributed by atoms with Crippen molar-refractivity contribution in [1.82, 2.24) is 9.55 Å². The summed E-state index contributed by atoms with van der Waals surface area (Å²) in [5.41, 5.74) is 0.283. The molecule has 0 aliphatic heterocycles. The van der Waals surface area contributed by atoms with Gasteiger partial charge in [0.25, 0.3) is 5.56 Å². The van der Waals surface area contributed by atoms with Crippen molar-refractivity contribution in [2.45, 2.75) is 13.5 Å². The minimum Gasteiger partial charge on any atom is -0.478 e. The molecule has 0 aliphatic carbocycles. The summed E-state index contributed by atoms with van der Waals surface area (Å²) in [4.78, 5) is 28.7. The van der Waals surface area contributed by atoms with Gasteiger partial charge in [-0.1, -0.05) is 29.3 Å². The number of aromatic carboxylic acids is 1. The van der Waals surface area contributed by atoms with Crippen LogP contribution in [0.25, 0.3) is 10.2 Å². The van der Waals surface area contributed by atoms with Gasteiger partial charge >= 0.3 is 5.97 Å². The number of hydrogen-bond acceptors (Lipinski definition) is 4. The largest absolute Gasteiger partial charge is 0.478 e. The second-order valence-electron chi connectivity index (χ2n) is 4.92. The molecular weight excluding hydrogens is 359 g/mol. The normalized spacial score (nSPS) is 11.1. The second-order valence-corrected chi connectivity index (χ2v) is 6.62. The maximum atomic E-state index is 12.7. The van der Waals surface area contributed by atoms with Crippen LogP contribution in [0.5, 0.6) is 0 Å². The van der Waals surface area contributed by atoms with E-state index < -0.39 is 11.5 Å². The number of fused-ring (bicyclic) bond motifs is 1. The van der Waals surface area contributed by atoms with E-state index in [1.165, 1.54) is 9.95 Å². The predicted octanol–water partition coefficient (Wildman–Crippen LogP) is 3.82. The highest BCUT2D eigenvalue weighted by Crippen LogP contribution is 2.24. The summed E-state index contributed by atoms with van der Waals surface area (Å²) < 4.78 is 1.41. The van der Waals surface area contributed by atoms with Gasteiger partial charge in [-0.05, 0) is 24.6 Å². The van der Waals surface area contributed by atoms with E-state index in [-0.39, 0.29) is 17.5 Å². The van der Waals surface area contributed by atoms with E-state index in [9.17, 15) is 14.7 Å². The van der Waals surface area contributed by atoms with Gasteiger partial charge in [-0.25, -0.2) is 9.78 Å². The van der Waals surface area contributed by atoms with Crippen LogP contribution in [-0.4, -0.2) is 20.6 Å². The summed E-state index contributed by atoms with van der Waals surface area (Å²) >= 11 is 13.2. The summed E-state index contributed by atoms with van der Waals surface area (Å²) in [5.74, 6) is -0.651. The third-order valence-electron chi connectivity index (χ3n) is 3.46. The average Bonchev–Trinajstić information content (AvgIpc) is 2.89. The van der Waals surface area contributed by atoms with E-state index in [0.29, 0.717) is 26.3 Å². The first-order chi connectivity index (χ1) is 10.9. The molecule has 2 heterocycles. The van der Waals surface area contributed by atoms with Crippen molar-refractivity contribution >= 4 is 50.7 Å². The predicted molar refractivity (Wildman–Crippen MR) is 91.1 cm³/mol. The molecule has 0 spiro atoms. The van der Waals surface area contributed by atoms with Crippen LogP contribution >= 0.6 is 34.5 Å². The Labute approximate surface area is 144 Å². The van der Waals surface area contributed by atoms with Gasteiger partial charge in [-0.15, -0.1) is 11.3 Å². The van der Waals surface area contributed by atoms with Gasteiger partial charge in [-0.2, -0.15) is 0 Å². The molecule has 0 unspecified atom stereocenters. The molecule has 118 valence electrons. The average molecular weight is 369 g/mol. The number of aryl methyl sites for hydroxylation is 1. The van der Waals surface area contributed by atoms with E-state index in [2.05, 4.69) is 4.98 Å². The highest BCUT2D eigenvalue weighted by molar-refractivity contribution is 7.17. The highest BCUT2D eigenvalue weighted by atomic mass is 35.5. The minimum absolute atomic E-state index is 0.0292. The van der Waals surface area contributed by atoms with Crippen molar-refractivity contribution in [2.24, 2.45) is 0 Å². The Kier molecular flexibility index (Phi) is 4.14. The number of benzene rings is 1. The second kappa shape index (κ2) is 5.96. The fraction of sp³-hybridized carbons (Fsp3) is 0.133.